The number of aromatic nitrogens is 2. The molecule has 1 aromatic carbocycles. The summed E-state index contributed by atoms with van der Waals surface area (Å²) in [6.07, 6.45) is 0.741. The quantitative estimate of drug-likeness (QED) is 0.816. The molecule has 0 radical (unpaired) electrons. The number of hydrogen-bond acceptors (Lipinski definition) is 7. The third-order valence-corrected chi connectivity index (χ3v) is 4.46. The van der Waals surface area contributed by atoms with Gasteiger partial charge in [-0.2, -0.15) is 4.98 Å². The lowest BCUT2D eigenvalue weighted by molar-refractivity contribution is -0.131. The van der Waals surface area contributed by atoms with E-state index < -0.39 is 0 Å². The van der Waals surface area contributed by atoms with Gasteiger partial charge in [0.1, 0.15) is 0 Å². The Morgan fingerprint density at radius 2 is 2.08 bits per heavy atom. The highest BCUT2D eigenvalue weighted by Crippen LogP contribution is 2.38. The number of aryl methyl sites for hydroxylation is 1. The van der Waals surface area contributed by atoms with Gasteiger partial charge >= 0.3 is 0 Å². The first-order valence-electron chi connectivity index (χ1n) is 8.35. The van der Waals surface area contributed by atoms with Crippen LogP contribution in [0.1, 0.15) is 12.3 Å². The lowest BCUT2D eigenvalue weighted by Crippen LogP contribution is -2.46. The van der Waals surface area contributed by atoms with E-state index in [2.05, 4.69) is 15.5 Å². The molecule has 1 N–H and O–H groups in total. The number of carbonyl (C=O) groups is 1. The van der Waals surface area contributed by atoms with E-state index in [0.29, 0.717) is 46.6 Å². The predicted molar refractivity (Wildman–Crippen MR) is 95.6 cm³/mol. The number of nitrogens with one attached hydrogen (secondary N) is 1. The molecule has 0 spiro atoms. The van der Waals surface area contributed by atoms with E-state index in [-0.39, 0.29) is 5.91 Å². The van der Waals surface area contributed by atoms with E-state index in [4.69, 9.17) is 25.6 Å². The molecule has 2 heterocycles. The molecule has 1 fully saturated rings. The minimum absolute atomic E-state index is 0.0976. The van der Waals surface area contributed by atoms with E-state index in [1.165, 1.54) is 14.2 Å². The average Bonchev–Trinajstić information content (AvgIpc) is 3.15. The van der Waals surface area contributed by atoms with Gasteiger partial charge in [-0.15, -0.1) is 0 Å². The maximum absolute atomic E-state index is 12.2. The zero-order valence-electron chi connectivity index (χ0n) is 14.7. The van der Waals surface area contributed by atoms with Crippen LogP contribution in [0.5, 0.6) is 11.5 Å². The van der Waals surface area contributed by atoms with E-state index in [1.54, 1.807) is 12.1 Å². The largest absolute Gasteiger partial charge is 0.493 e. The SMILES string of the molecule is COc1cc(-c2noc(CCC(=O)N3CCNCC3)n2)cc(Cl)c1OC. The molecule has 0 bridgehead atoms. The van der Waals surface area contributed by atoms with Crippen molar-refractivity contribution in [3.8, 4) is 22.9 Å². The van der Waals surface area contributed by atoms with E-state index in [9.17, 15) is 4.79 Å². The number of nitrogens with zero attached hydrogens (tertiary/aromatic N) is 3. The number of carbonyl (C=O) groups excluding carboxylic acids is 1. The highest BCUT2D eigenvalue weighted by atomic mass is 35.5. The molecule has 0 atom stereocenters. The molecule has 8 nitrogen and oxygen atoms in total. The van der Waals surface area contributed by atoms with Crippen molar-refractivity contribution >= 4 is 17.5 Å². The number of methoxy groups -OCH3 is 2. The minimum Gasteiger partial charge on any atom is -0.493 e. The van der Waals surface area contributed by atoms with Crippen LogP contribution in [-0.2, 0) is 11.2 Å². The van der Waals surface area contributed by atoms with E-state index >= 15 is 0 Å². The number of benzene rings is 1. The first-order valence-corrected chi connectivity index (χ1v) is 8.73. The van der Waals surface area contributed by atoms with Gasteiger partial charge in [0.05, 0.1) is 19.2 Å². The third-order valence-electron chi connectivity index (χ3n) is 4.18. The summed E-state index contributed by atoms with van der Waals surface area (Å²) < 4.78 is 15.8. The Hall–Kier alpha value is -2.32. The first kappa shape index (κ1) is 18.5. The van der Waals surface area contributed by atoms with Crippen molar-refractivity contribution in [2.45, 2.75) is 12.8 Å². The second-order valence-electron chi connectivity index (χ2n) is 5.84. The summed E-state index contributed by atoms with van der Waals surface area (Å²) in [6.45, 7) is 3.13. The highest BCUT2D eigenvalue weighted by molar-refractivity contribution is 6.32. The number of rotatable bonds is 6. The van der Waals surface area contributed by atoms with Crippen molar-refractivity contribution in [2.75, 3.05) is 40.4 Å². The normalized spacial score (nSPS) is 14.3. The van der Waals surface area contributed by atoms with Crippen molar-refractivity contribution < 1.29 is 18.8 Å². The lowest BCUT2D eigenvalue weighted by Gasteiger charge is -2.27. The Morgan fingerprint density at radius 1 is 1.31 bits per heavy atom. The molecule has 0 unspecified atom stereocenters. The van der Waals surface area contributed by atoms with Gasteiger partial charge in [-0.1, -0.05) is 16.8 Å². The summed E-state index contributed by atoms with van der Waals surface area (Å²) in [5.41, 5.74) is 0.649. The summed E-state index contributed by atoms with van der Waals surface area (Å²) in [4.78, 5) is 18.4. The maximum Gasteiger partial charge on any atom is 0.227 e. The molecule has 9 heteroatoms. The van der Waals surface area contributed by atoms with Gasteiger partial charge in [-0.25, -0.2) is 0 Å². The fraction of sp³-hybridized carbons (Fsp3) is 0.471. The van der Waals surface area contributed by atoms with E-state index in [0.717, 1.165) is 26.2 Å². The molecule has 0 saturated carbocycles. The van der Waals surface area contributed by atoms with Gasteiger partial charge in [0.15, 0.2) is 11.5 Å². The molecule has 3 rings (SSSR count). The Balaban J connectivity index is 1.68. The van der Waals surface area contributed by atoms with Gasteiger partial charge in [0.2, 0.25) is 17.6 Å². The zero-order valence-corrected chi connectivity index (χ0v) is 15.5. The fourth-order valence-corrected chi connectivity index (χ4v) is 3.09. The van der Waals surface area contributed by atoms with Crippen molar-refractivity contribution in [3.05, 3.63) is 23.0 Å². The summed E-state index contributed by atoms with van der Waals surface area (Å²) in [5.74, 6) is 1.82. The van der Waals surface area contributed by atoms with Gasteiger partial charge in [-0.05, 0) is 12.1 Å². The van der Waals surface area contributed by atoms with Crippen LogP contribution in [0.15, 0.2) is 16.7 Å². The van der Waals surface area contributed by atoms with Crippen molar-refractivity contribution in [3.63, 3.8) is 0 Å². The maximum atomic E-state index is 12.2. The molecular formula is C17H21ClN4O4. The van der Waals surface area contributed by atoms with Gasteiger partial charge in [0, 0.05) is 44.6 Å². The van der Waals surface area contributed by atoms with Gasteiger partial charge < -0.3 is 24.2 Å². The van der Waals surface area contributed by atoms with Crippen LogP contribution in [0.25, 0.3) is 11.4 Å². The number of amides is 1. The Morgan fingerprint density at radius 3 is 2.77 bits per heavy atom. The van der Waals surface area contributed by atoms with Crippen LogP contribution in [0.2, 0.25) is 5.02 Å². The topological polar surface area (TPSA) is 89.7 Å². The second-order valence-corrected chi connectivity index (χ2v) is 6.24. The van der Waals surface area contributed by atoms with Crippen LogP contribution in [0.4, 0.5) is 0 Å². The Bertz CT molecular complexity index is 774. The zero-order chi connectivity index (χ0) is 18.5. The fourth-order valence-electron chi connectivity index (χ4n) is 2.81. The monoisotopic (exact) mass is 380 g/mol. The smallest absolute Gasteiger partial charge is 0.227 e. The molecule has 140 valence electrons. The summed E-state index contributed by atoms with van der Waals surface area (Å²) in [7, 11) is 3.05. The van der Waals surface area contributed by atoms with Crippen molar-refractivity contribution in [2.24, 2.45) is 0 Å². The van der Waals surface area contributed by atoms with Crippen LogP contribution >= 0.6 is 11.6 Å². The number of hydrogen-bond donors (Lipinski definition) is 1. The minimum atomic E-state index is 0.0976. The van der Waals surface area contributed by atoms with Crippen molar-refractivity contribution in [1.29, 1.82) is 0 Å². The number of halogens is 1. The average molecular weight is 381 g/mol. The van der Waals surface area contributed by atoms with Crippen LogP contribution in [0.3, 0.4) is 0 Å². The van der Waals surface area contributed by atoms with Crippen LogP contribution in [-0.4, -0.2) is 61.3 Å². The summed E-state index contributed by atoms with van der Waals surface area (Å²) in [6, 6.07) is 3.41. The second kappa shape index (κ2) is 8.37. The highest BCUT2D eigenvalue weighted by Gasteiger charge is 2.19. The molecule has 26 heavy (non-hydrogen) atoms. The molecule has 1 aliphatic heterocycles. The van der Waals surface area contributed by atoms with Crippen LogP contribution in [0, 0.1) is 0 Å². The molecule has 2 aromatic rings. The van der Waals surface area contributed by atoms with Gasteiger partial charge in [-0.3, -0.25) is 4.79 Å². The van der Waals surface area contributed by atoms with Crippen LogP contribution < -0.4 is 14.8 Å². The lowest BCUT2D eigenvalue weighted by atomic mass is 10.2. The molecule has 0 aliphatic carbocycles. The molecule has 1 aliphatic rings. The number of piperazine rings is 1. The summed E-state index contributed by atoms with van der Waals surface area (Å²) >= 11 is 6.21. The van der Waals surface area contributed by atoms with E-state index in [1.807, 2.05) is 4.90 Å². The standard InChI is InChI=1S/C17H21ClN4O4/c1-24-13-10-11(9-12(18)16(13)25-2)17-20-14(26-21-17)3-4-15(23)22-7-5-19-6-8-22/h9-10,19H,3-8H2,1-2H3. The Labute approximate surface area is 156 Å². The molecule has 1 saturated heterocycles. The van der Waals surface area contributed by atoms with Crippen molar-refractivity contribution in [1.82, 2.24) is 20.4 Å². The third kappa shape index (κ3) is 4.08. The molecule has 1 amide bonds. The molecule has 1 aromatic heterocycles. The predicted octanol–water partition coefficient (Wildman–Crippen LogP) is 1.77. The molecular weight excluding hydrogens is 360 g/mol. The number of ether oxygens (including phenoxy) is 2. The van der Waals surface area contributed by atoms with Gasteiger partial charge in [0.25, 0.3) is 0 Å². The summed E-state index contributed by atoms with van der Waals surface area (Å²) in [5, 5.41) is 7.59. The first-order chi connectivity index (χ1) is 12.6. The Kier molecular flexibility index (Phi) is 5.95.